The van der Waals surface area contributed by atoms with Gasteiger partial charge in [0, 0.05) is 19.2 Å². The van der Waals surface area contributed by atoms with E-state index in [2.05, 4.69) is 10.6 Å². The van der Waals surface area contributed by atoms with Crippen LogP contribution in [-0.4, -0.2) is 37.9 Å². The van der Waals surface area contributed by atoms with Crippen molar-refractivity contribution in [3.8, 4) is 0 Å². The summed E-state index contributed by atoms with van der Waals surface area (Å²) in [6.07, 6.45) is 0.891. The monoisotopic (exact) mass is 215 g/mol. The van der Waals surface area contributed by atoms with Gasteiger partial charge < -0.3 is 21.1 Å². The van der Waals surface area contributed by atoms with Crippen molar-refractivity contribution in [2.75, 3.05) is 19.8 Å². The van der Waals surface area contributed by atoms with Gasteiger partial charge >= 0.3 is 6.03 Å². The molecule has 0 radical (unpaired) electrons. The Kier molecular flexibility index (Phi) is 4.84. The minimum atomic E-state index is -0.144. The molecule has 2 unspecified atom stereocenters. The van der Waals surface area contributed by atoms with Crippen LogP contribution >= 0.6 is 0 Å². The van der Waals surface area contributed by atoms with Crippen molar-refractivity contribution < 1.29 is 9.53 Å². The van der Waals surface area contributed by atoms with Gasteiger partial charge in [0.25, 0.3) is 0 Å². The van der Waals surface area contributed by atoms with E-state index in [0.29, 0.717) is 19.1 Å². The minimum Gasteiger partial charge on any atom is -0.379 e. The molecule has 2 atom stereocenters. The van der Waals surface area contributed by atoms with Gasteiger partial charge in [0.15, 0.2) is 0 Å². The van der Waals surface area contributed by atoms with Crippen LogP contribution in [0.5, 0.6) is 0 Å². The zero-order valence-corrected chi connectivity index (χ0v) is 9.45. The number of rotatable bonds is 4. The van der Waals surface area contributed by atoms with Crippen molar-refractivity contribution in [1.29, 1.82) is 0 Å². The number of nitrogens with two attached hydrogens (primary N) is 1. The summed E-state index contributed by atoms with van der Waals surface area (Å²) in [5.41, 5.74) is 5.56. The average Bonchev–Trinajstić information content (AvgIpc) is 2.66. The highest BCUT2D eigenvalue weighted by molar-refractivity contribution is 5.74. The van der Waals surface area contributed by atoms with Crippen LogP contribution in [0.1, 0.15) is 20.3 Å². The summed E-state index contributed by atoms with van der Waals surface area (Å²) in [5.74, 6) is 0.348. The van der Waals surface area contributed by atoms with E-state index in [9.17, 15) is 4.79 Å². The lowest BCUT2D eigenvalue weighted by atomic mass is 10.1. The fourth-order valence-corrected chi connectivity index (χ4v) is 1.54. The second-order valence-corrected chi connectivity index (χ2v) is 4.26. The molecule has 88 valence electrons. The van der Waals surface area contributed by atoms with E-state index in [1.807, 2.05) is 13.8 Å². The van der Waals surface area contributed by atoms with Gasteiger partial charge in [-0.05, 0) is 12.3 Å². The molecule has 1 rings (SSSR count). The lowest BCUT2D eigenvalue weighted by molar-refractivity contribution is 0.187. The largest absolute Gasteiger partial charge is 0.379 e. The molecule has 2 amide bonds. The van der Waals surface area contributed by atoms with Crippen LogP contribution in [0, 0.1) is 5.92 Å². The predicted octanol–water partition coefficient (Wildman–Crippen LogP) is 0.0578. The Morgan fingerprint density at radius 1 is 1.60 bits per heavy atom. The number of hydrogen-bond donors (Lipinski definition) is 3. The van der Waals surface area contributed by atoms with Crippen LogP contribution in [0.2, 0.25) is 0 Å². The van der Waals surface area contributed by atoms with Crippen LogP contribution in [0.4, 0.5) is 4.79 Å². The molecule has 0 spiro atoms. The Labute approximate surface area is 90.7 Å². The van der Waals surface area contributed by atoms with Crippen molar-refractivity contribution in [1.82, 2.24) is 10.6 Å². The number of ether oxygens (including phenoxy) is 1. The first kappa shape index (κ1) is 12.3. The smallest absolute Gasteiger partial charge is 0.315 e. The number of carbonyl (C=O) groups excluding carboxylic acids is 1. The topological polar surface area (TPSA) is 76.4 Å². The Morgan fingerprint density at radius 3 is 2.80 bits per heavy atom. The van der Waals surface area contributed by atoms with Crippen molar-refractivity contribution >= 4 is 6.03 Å². The van der Waals surface area contributed by atoms with E-state index in [-0.39, 0.29) is 18.1 Å². The third-order valence-corrected chi connectivity index (χ3v) is 2.64. The maximum absolute atomic E-state index is 11.5. The normalized spacial score (nSPS) is 22.8. The molecule has 1 fully saturated rings. The molecule has 1 saturated heterocycles. The number of amides is 2. The number of nitrogens with one attached hydrogen (secondary N) is 2. The SMILES string of the molecule is CC(C)C(CN)NC(=O)NC1CCOC1. The standard InChI is InChI=1S/C10H21N3O2/c1-7(2)9(5-11)13-10(14)12-8-3-4-15-6-8/h7-9H,3-6,11H2,1-2H3,(H2,12,13,14). The summed E-state index contributed by atoms with van der Waals surface area (Å²) < 4.78 is 5.17. The summed E-state index contributed by atoms with van der Waals surface area (Å²) in [5, 5.41) is 5.73. The highest BCUT2D eigenvalue weighted by Gasteiger charge is 2.20. The first-order valence-corrected chi connectivity index (χ1v) is 5.48. The van der Waals surface area contributed by atoms with Gasteiger partial charge in [-0.3, -0.25) is 0 Å². The highest BCUT2D eigenvalue weighted by Crippen LogP contribution is 2.03. The Bertz CT molecular complexity index is 203. The fraction of sp³-hybridized carbons (Fsp3) is 0.900. The lowest BCUT2D eigenvalue weighted by Gasteiger charge is -2.21. The first-order valence-electron chi connectivity index (χ1n) is 5.48. The zero-order valence-electron chi connectivity index (χ0n) is 9.45. The summed E-state index contributed by atoms with van der Waals surface area (Å²) in [6, 6.07) is 0.0394. The van der Waals surface area contributed by atoms with Crippen LogP contribution in [0.15, 0.2) is 0 Å². The third kappa shape index (κ3) is 4.05. The molecule has 0 aromatic heterocycles. The average molecular weight is 215 g/mol. The molecule has 0 aliphatic carbocycles. The van der Waals surface area contributed by atoms with Crippen molar-refractivity contribution in [2.24, 2.45) is 11.7 Å². The van der Waals surface area contributed by atoms with Crippen LogP contribution in [-0.2, 0) is 4.74 Å². The van der Waals surface area contributed by atoms with E-state index >= 15 is 0 Å². The molecule has 0 aromatic carbocycles. The molecule has 1 aliphatic rings. The van der Waals surface area contributed by atoms with Crippen LogP contribution in [0.3, 0.4) is 0 Å². The molecule has 5 heteroatoms. The van der Waals surface area contributed by atoms with Gasteiger partial charge in [0.1, 0.15) is 0 Å². The fourth-order valence-electron chi connectivity index (χ4n) is 1.54. The molecule has 0 bridgehead atoms. The number of hydrogen-bond acceptors (Lipinski definition) is 3. The van der Waals surface area contributed by atoms with E-state index < -0.39 is 0 Å². The molecule has 1 heterocycles. The summed E-state index contributed by atoms with van der Waals surface area (Å²) in [6.45, 7) is 5.89. The Morgan fingerprint density at radius 2 is 2.33 bits per heavy atom. The van der Waals surface area contributed by atoms with E-state index in [4.69, 9.17) is 10.5 Å². The lowest BCUT2D eigenvalue weighted by Crippen LogP contribution is -2.50. The van der Waals surface area contributed by atoms with Gasteiger partial charge in [-0.1, -0.05) is 13.8 Å². The maximum Gasteiger partial charge on any atom is 0.315 e. The minimum absolute atomic E-state index is 0.0346. The molecule has 0 saturated carbocycles. The van der Waals surface area contributed by atoms with Crippen molar-refractivity contribution in [3.63, 3.8) is 0 Å². The quantitative estimate of drug-likeness (QED) is 0.620. The molecule has 1 aliphatic heterocycles. The van der Waals surface area contributed by atoms with Gasteiger partial charge in [-0.2, -0.15) is 0 Å². The van der Waals surface area contributed by atoms with E-state index in [1.165, 1.54) is 0 Å². The second-order valence-electron chi connectivity index (χ2n) is 4.26. The second kappa shape index (κ2) is 5.92. The highest BCUT2D eigenvalue weighted by atomic mass is 16.5. The Balaban J connectivity index is 2.27. The molecule has 15 heavy (non-hydrogen) atoms. The van der Waals surface area contributed by atoms with Crippen LogP contribution in [0.25, 0.3) is 0 Å². The summed E-state index contributed by atoms with van der Waals surface area (Å²) in [7, 11) is 0. The van der Waals surface area contributed by atoms with Gasteiger partial charge in [-0.15, -0.1) is 0 Å². The van der Waals surface area contributed by atoms with Crippen molar-refractivity contribution in [3.05, 3.63) is 0 Å². The zero-order chi connectivity index (χ0) is 11.3. The van der Waals surface area contributed by atoms with Crippen LogP contribution < -0.4 is 16.4 Å². The van der Waals surface area contributed by atoms with Gasteiger partial charge in [-0.25, -0.2) is 4.79 Å². The van der Waals surface area contributed by atoms with Crippen molar-refractivity contribution in [2.45, 2.75) is 32.4 Å². The molecule has 4 N–H and O–H groups in total. The first-order chi connectivity index (χ1) is 7.13. The van der Waals surface area contributed by atoms with Gasteiger partial charge in [0.2, 0.25) is 0 Å². The molecular weight excluding hydrogens is 194 g/mol. The van der Waals surface area contributed by atoms with Gasteiger partial charge in [0.05, 0.1) is 12.6 Å². The van der Waals surface area contributed by atoms with E-state index in [1.54, 1.807) is 0 Å². The molecule has 0 aromatic rings. The van der Waals surface area contributed by atoms with E-state index in [0.717, 1.165) is 13.0 Å². The summed E-state index contributed by atoms with van der Waals surface area (Å²) >= 11 is 0. The number of carbonyl (C=O) groups is 1. The maximum atomic E-state index is 11.5. The summed E-state index contributed by atoms with van der Waals surface area (Å²) in [4.78, 5) is 11.5. The molecular formula is C10H21N3O2. The third-order valence-electron chi connectivity index (χ3n) is 2.64. The predicted molar refractivity (Wildman–Crippen MR) is 58.6 cm³/mol. The Hall–Kier alpha value is -0.810. The number of urea groups is 1. The molecule has 5 nitrogen and oxygen atoms in total.